The minimum atomic E-state index is -2.86. The van der Waals surface area contributed by atoms with Gasteiger partial charge in [0.1, 0.15) is 9.84 Å². The van der Waals surface area contributed by atoms with Crippen molar-refractivity contribution in [1.29, 1.82) is 0 Å². The summed E-state index contributed by atoms with van der Waals surface area (Å²) in [6.45, 7) is 1.79. The third-order valence-corrected chi connectivity index (χ3v) is 6.94. The molecule has 7 heteroatoms. The minimum absolute atomic E-state index is 0. The van der Waals surface area contributed by atoms with Crippen LogP contribution in [0.1, 0.15) is 30.7 Å². The molecule has 2 atom stereocenters. The molecule has 2 fully saturated rings. The van der Waals surface area contributed by atoms with Crippen LogP contribution in [0.2, 0.25) is 0 Å². The van der Waals surface area contributed by atoms with Crippen molar-refractivity contribution in [3.05, 3.63) is 35.9 Å². The van der Waals surface area contributed by atoms with Crippen molar-refractivity contribution in [2.24, 2.45) is 5.92 Å². The van der Waals surface area contributed by atoms with Crippen LogP contribution >= 0.6 is 12.4 Å². The lowest BCUT2D eigenvalue weighted by Gasteiger charge is -2.24. The Morgan fingerprint density at radius 1 is 1.16 bits per heavy atom. The van der Waals surface area contributed by atoms with Gasteiger partial charge in [-0.05, 0) is 31.4 Å². The Morgan fingerprint density at radius 3 is 2.44 bits per heavy atom. The molecule has 1 aromatic carbocycles. The Labute approximate surface area is 156 Å². The van der Waals surface area contributed by atoms with Crippen LogP contribution in [0.3, 0.4) is 0 Å². The van der Waals surface area contributed by atoms with Gasteiger partial charge in [-0.15, -0.1) is 12.4 Å². The monoisotopic (exact) mass is 386 g/mol. The first-order valence-corrected chi connectivity index (χ1v) is 10.5. The highest BCUT2D eigenvalue weighted by Gasteiger charge is 2.33. The third-order valence-electron chi connectivity index (χ3n) is 5.22. The van der Waals surface area contributed by atoms with Crippen LogP contribution in [0.5, 0.6) is 0 Å². The SMILES string of the molecule is CN1C[C@H](NC(=O)CC2CCS(=O)(=O)CC2)[C@@H](c2ccccc2)C1.Cl. The van der Waals surface area contributed by atoms with Crippen LogP contribution in [0.25, 0.3) is 0 Å². The second-order valence-corrected chi connectivity index (χ2v) is 9.52. The van der Waals surface area contributed by atoms with Crippen molar-refractivity contribution in [3.8, 4) is 0 Å². The molecule has 2 saturated heterocycles. The molecule has 1 amide bonds. The first-order chi connectivity index (χ1) is 11.4. The first kappa shape index (κ1) is 20.2. The number of hydrogen-bond acceptors (Lipinski definition) is 4. The highest BCUT2D eigenvalue weighted by Crippen LogP contribution is 2.27. The highest BCUT2D eigenvalue weighted by atomic mass is 35.5. The second kappa shape index (κ2) is 8.52. The molecule has 1 N–H and O–H groups in total. The maximum absolute atomic E-state index is 12.4. The summed E-state index contributed by atoms with van der Waals surface area (Å²) in [5, 5.41) is 3.20. The molecule has 140 valence electrons. The fourth-order valence-corrected chi connectivity index (χ4v) is 5.44. The molecule has 0 aliphatic carbocycles. The van der Waals surface area contributed by atoms with Gasteiger partial charge in [-0.3, -0.25) is 4.79 Å². The van der Waals surface area contributed by atoms with Crippen LogP contribution in [-0.2, 0) is 14.6 Å². The molecule has 0 spiro atoms. The van der Waals surface area contributed by atoms with Gasteiger partial charge in [-0.1, -0.05) is 30.3 Å². The average molecular weight is 387 g/mol. The fraction of sp³-hybridized carbons (Fsp3) is 0.611. The van der Waals surface area contributed by atoms with Gasteiger partial charge in [0.15, 0.2) is 0 Å². The molecule has 2 aliphatic heterocycles. The molecule has 0 unspecified atom stereocenters. The number of benzene rings is 1. The Hall–Kier alpha value is -1.11. The largest absolute Gasteiger partial charge is 0.351 e. The lowest BCUT2D eigenvalue weighted by molar-refractivity contribution is -0.122. The summed E-state index contributed by atoms with van der Waals surface area (Å²) in [7, 11) is -0.787. The van der Waals surface area contributed by atoms with Gasteiger partial charge < -0.3 is 10.2 Å². The quantitative estimate of drug-likeness (QED) is 0.857. The van der Waals surface area contributed by atoms with Crippen LogP contribution in [0.15, 0.2) is 30.3 Å². The summed E-state index contributed by atoms with van der Waals surface area (Å²) < 4.78 is 23.0. The van der Waals surface area contributed by atoms with Crippen LogP contribution < -0.4 is 5.32 Å². The molecular formula is C18H27ClN2O3S. The Kier molecular flexibility index (Phi) is 6.88. The normalized spacial score (nSPS) is 26.8. The van der Waals surface area contributed by atoms with Crippen molar-refractivity contribution in [2.45, 2.75) is 31.2 Å². The van der Waals surface area contributed by atoms with E-state index in [0.29, 0.717) is 25.2 Å². The van der Waals surface area contributed by atoms with Gasteiger partial charge in [0, 0.05) is 31.5 Å². The Morgan fingerprint density at radius 2 is 1.80 bits per heavy atom. The van der Waals surface area contributed by atoms with Crippen molar-refractivity contribution in [3.63, 3.8) is 0 Å². The lowest BCUT2D eigenvalue weighted by atomic mass is 9.93. The number of rotatable bonds is 4. The van der Waals surface area contributed by atoms with Crippen molar-refractivity contribution in [1.82, 2.24) is 10.2 Å². The molecular weight excluding hydrogens is 360 g/mol. The summed E-state index contributed by atoms with van der Waals surface area (Å²) in [4.78, 5) is 14.7. The fourth-order valence-electron chi connectivity index (χ4n) is 3.86. The van der Waals surface area contributed by atoms with Crippen LogP contribution in [0, 0.1) is 5.92 Å². The number of nitrogens with zero attached hydrogens (tertiary/aromatic N) is 1. The topological polar surface area (TPSA) is 66.5 Å². The predicted octanol–water partition coefficient (Wildman–Crippen LogP) is 1.84. The van der Waals surface area contributed by atoms with Crippen molar-refractivity contribution in [2.75, 3.05) is 31.6 Å². The van der Waals surface area contributed by atoms with E-state index in [1.54, 1.807) is 0 Å². The molecule has 0 bridgehead atoms. The number of carbonyl (C=O) groups excluding carboxylic acids is 1. The number of carbonyl (C=O) groups is 1. The molecule has 2 aliphatic rings. The molecule has 0 aromatic heterocycles. The van der Waals surface area contributed by atoms with Crippen LogP contribution in [0.4, 0.5) is 0 Å². The number of likely N-dealkylation sites (N-methyl/N-ethyl adjacent to an activating group) is 1. The summed E-state index contributed by atoms with van der Waals surface area (Å²) in [5.74, 6) is 1.02. The van der Waals surface area contributed by atoms with Gasteiger partial charge >= 0.3 is 0 Å². The zero-order chi connectivity index (χ0) is 17.2. The standard InChI is InChI=1S/C18H26N2O3S.ClH/c1-20-12-16(15-5-3-2-4-6-15)17(13-20)19-18(21)11-14-7-9-24(22,23)10-8-14;/h2-6,14,16-17H,7-13H2,1H3,(H,19,21);1H/t16-,17+;/m1./s1. The van der Waals surface area contributed by atoms with Gasteiger partial charge in [0.05, 0.1) is 11.5 Å². The Bertz CT molecular complexity index is 667. The van der Waals surface area contributed by atoms with E-state index in [4.69, 9.17) is 0 Å². The van der Waals surface area contributed by atoms with E-state index in [2.05, 4.69) is 29.4 Å². The van der Waals surface area contributed by atoms with Gasteiger partial charge in [-0.2, -0.15) is 0 Å². The maximum Gasteiger partial charge on any atom is 0.220 e. The zero-order valence-electron chi connectivity index (χ0n) is 14.6. The first-order valence-electron chi connectivity index (χ1n) is 8.66. The van der Waals surface area contributed by atoms with E-state index in [9.17, 15) is 13.2 Å². The number of halogens is 1. The number of amides is 1. The van der Waals surface area contributed by atoms with Gasteiger partial charge in [0.2, 0.25) is 5.91 Å². The summed E-state index contributed by atoms with van der Waals surface area (Å²) in [6.07, 6.45) is 1.67. The lowest BCUT2D eigenvalue weighted by Crippen LogP contribution is -2.40. The van der Waals surface area contributed by atoms with E-state index in [0.717, 1.165) is 13.1 Å². The molecule has 5 nitrogen and oxygen atoms in total. The third kappa shape index (κ3) is 5.43. The summed E-state index contributed by atoms with van der Waals surface area (Å²) in [5.41, 5.74) is 1.26. The molecule has 0 radical (unpaired) electrons. The summed E-state index contributed by atoms with van der Waals surface area (Å²) >= 11 is 0. The van der Waals surface area contributed by atoms with Crippen molar-refractivity contribution < 1.29 is 13.2 Å². The summed E-state index contributed by atoms with van der Waals surface area (Å²) in [6, 6.07) is 10.4. The molecule has 25 heavy (non-hydrogen) atoms. The van der Waals surface area contributed by atoms with Gasteiger partial charge in [0.25, 0.3) is 0 Å². The minimum Gasteiger partial charge on any atom is -0.351 e. The number of nitrogens with one attached hydrogen (secondary N) is 1. The van der Waals surface area contributed by atoms with Crippen molar-refractivity contribution >= 4 is 28.2 Å². The number of hydrogen-bond donors (Lipinski definition) is 1. The van der Waals surface area contributed by atoms with E-state index in [1.807, 2.05) is 18.2 Å². The maximum atomic E-state index is 12.4. The predicted molar refractivity (Wildman–Crippen MR) is 102 cm³/mol. The molecule has 3 rings (SSSR count). The highest BCUT2D eigenvalue weighted by molar-refractivity contribution is 7.91. The van der Waals surface area contributed by atoms with E-state index < -0.39 is 9.84 Å². The smallest absolute Gasteiger partial charge is 0.220 e. The average Bonchev–Trinajstić information content (AvgIpc) is 2.91. The second-order valence-electron chi connectivity index (χ2n) is 7.21. The molecule has 0 saturated carbocycles. The molecule has 1 aromatic rings. The number of sulfone groups is 1. The van der Waals surface area contributed by atoms with Crippen LogP contribution in [-0.4, -0.2) is 56.9 Å². The van der Waals surface area contributed by atoms with Gasteiger partial charge in [-0.25, -0.2) is 8.42 Å². The Balaban J connectivity index is 0.00000225. The van der Waals surface area contributed by atoms with E-state index >= 15 is 0 Å². The zero-order valence-corrected chi connectivity index (χ0v) is 16.2. The van der Waals surface area contributed by atoms with E-state index in [1.165, 1.54) is 5.56 Å². The number of likely N-dealkylation sites (tertiary alicyclic amines) is 1. The van der Waals surface area contributed by atoms with E-state index in [-0.39, 0.29) is 41.8 Å². The molecule has 2 heterocycles.